The molecule has 19 heavy (non-hydrogen) atoms. The Labute approximate surface area is 115 Å². The zero-order valence-electron chi connectivity index (χ0n) is 12.6. The fourth-order valence-corrected chi connectivity index (χ4v) is 2.80. The Morgan fingerprint density at radius 2 is 2.16 bits per heavy atom. The van der Waals surface area contributed by atoms with E-state index in [2.05, 4.69) is 41.1 Å². The zero-order valence-corrected chi connectivity index (χ0v) is 12.6. The van der Waals surface area contributed by atoms with E-state index in [0.29, 0.717) is 6.04 Å². The lowest BCUT2D eigenvalue weighted by molar-refractivity contribution is 0.0800. The first-order valence-corrected chi connectivity index (χ1v) is 7.37. The number of nitrogens with zero attached hydrogens (tertiary/aromatic N) is 3. The van der Waals surface area contributed by atoms with Gasteiger partial charge in [-0.1, -0.05) is 19.0 Å². The maximum atomic E-state index is 5.19. The van der Waals surface area contributed by atoms with E-state index in [1.807, 2.05) is 6.92 Å². The van der Waals surface area contributed by atoms with Crippen molar-refractivity contribution in [3.05, 3.63) is 11.7 Å². The molecule has 5 heteroatoms. The molecule has 1 aromatic rings. The summed E-state index contributed by atoms with van der Waals surface area (Å²) in [5.74, 6) is 1.47. The summed E-state index contributed by atoms with van der Waals surface area (Å²) in [5, 5.41) is 7.56. The Morgan fingerprint density at radius 1 is 1.42 bits per heavy atom. The quantitative estimate of drug-likeness (QED) is 0.880. The van der Waals surface area contributed by atoms with Crippen molar-refractivity contribution in [2.45, 2.75) is 58.5 Å². The van der Waals surface area contributed by atoms with Gasteiger partial charge in [0.15, 0.2) is 5.82 Å². The second-order valence-corrected chi connectivity index (χ2v) is 5.67. The highest BCUT2D eigenvalue weighted by atomic mass is 16.5. The number of aryl methyl sites for hydroxylation is 1. The molecule has 1 aliphatic rings. The van der Waals surface area contributed by atoms with Crippen LogP contribution < -0.4 is 5.32 Å². The van der Waals surface area contributed by atoms with Gasteiger partial charge in [0.05, 0.1) is 0 Å². The van der Waals surface area contributed by atoms with Crippen molar-refractivity contribution in [2.75, 3.05) is 19.6 Å². The molecule has 0 aliphatic carbocycles. The highest BCUT2D eigenvalue weighted by molar-refractivity contribution is 4.96. The van der Waals surface area contributed by atoms with Crippen molar-refractivity contribution in [3.8, 4) is 0 Å². The monoisotopic (exact) mass is 266 g/mol. The third-order valence-electron chi connectivity index (χ3n) is 4.44. The lowest BCUT2D eigenvalue weighted by Gasteiger charge is -2.46. The first-order valence-electron chi connectivity index (χ1n) is 7.37. The number of aromatic nitrogens is 2. The van der Waals surface area contributed by atoms with Crippen molar-refractivity contribution in [1.29, 1.82) is 0 Å². The van der Waals surface area contributed by atoms with Gasteiger partial charge in [0.2, 0.25) is 5.89 Å². The molecule has 0 amide bonds. The molecule has 2 heterocycles. The number of nitrogens with one attached hydrogen (secondary N) is 1. The van der Waals surface area contributed by atoms with Crippen molar-refractivity contribution >= 4 is 0 Å². The molecule has 108 valence electrons. The number of rotatable bonds is 5. The van der Waals surface area contributed by atoms with Crippen molar-refractivity contribution in [1.82, 2.24) is 20.4 Å². The summed E-state index contributed by atoms with van der Waals surface area (Å²) in [5.41, 5.74) is 0.275. The Kier molecular flexibility index (Phi) is 4.58. The summed E-state index contributed by atoms with van der Waals surface area (Å²) in [6, 6.07) is 0.565. The molecular formula is C14H26N4O. The highest BCUT2D eigenvalue weighted by Crippen LogP contribution is 2.22. The minimum atomic E-state index is 0.275. The molecular weight excluding hydrogens is 240 g/mol. The molecule has 1 fully saturated rings. The number of hydrogen-bond donors (Lipinski definition) is 1. The largest absolute Gasteiger partial charge is 0.339 e. The Balaban J connectivity index is 1.94. The summed E-state index contributed by atoms with van der Waals surface area (Å²) < 4.78 is 5.19. The molecule has 0 bridgehead atoms. The Bertz CT molecular complexity index is 400. The van der Waals surface area contributed by atoms with E-state index >= 15 is 0 Å². The third-order valence-corrected chi connectivity index (χ3v) is 4.44. The van der Waals surface area contributed by atoms with Crippen molar-refractivity contribution in [3.63, 3.8) is 0 Å². The normalized spacial score (nSPS) is 23.7. The van der Waals surface area contributed by atoms with Crippen LogP contribution in [0.25, 0.3) is 0 Å². The third kappa shape index (κ3) is 3.34. The minimum absolute atomic E-state index is 0.275. The predicted octanol–water partition coefficient (Wildman–Crippen LogP) is 1.77. The molecule has 0 radical (unpaired) electrons. The summed E-state index contributed by atoms with van der Waals surface area (Å²) >= 11 is 0. The van der Waals surface area contributed by atoms with E-state index in [-0.39, 0.29) is 5.54 Å². The van der Waals surface area contributed by atoms with E-state index in [1.165, 1.54) is 12.8 Å². The van der Waals surface area contributed by atoms with E-state index in [4.69, 9.17) is 4.52 Å². The van der Waals surface area contributed by atoms with Crippen molar-refractivity contribution in [2.24, 2.45) is 0 Å². The van der Waals surface area contributed by atoms with Gasteiger partial charge in [-0.3, -0.25) is 4.90 Å². The van der Waals surface area contributed by atoms with E-state index in [1.54, 1.807) is 0 Å². The molecule has 1 saturated heterocycles. The van der Waals surface area contributed by atoms with Crippen LogP contribution in [0.1, 0.15) is 45.3 Å². The number of hydrogen-bond acceptors (Lipinski definition) is 5. The topological polar surface area (TPSA) is 54.2 Å². The van der Waals surface area contributed by atoms with Crippen LogP contribution in [-0.4, -0.2) is 46.3 Å². The predicted molar refractivity (Wildman–Crippen MR) is 75.1 cm³/mol. The molecule has 5 nitrogen and oxygen atoms in total. The lowest BCUT2D eigenvalue weighted by atomic mass is 9.88. The molecule has 1 unspecified atom stereocenters. The van der Waals surface area contributed by atoms with Crippen LogP contribution in [0.4, 0.5) is 0 Å². The maximum Gasteiger partial charge on any atom is 0.227 e. The van der Waals surface area contributed by atoms with Crippen LogP contribution in [-0.2, 0) is 6.42 Å². The van der Waals surface area contributed by atoms with Gasteiger partial charge < -0.3 is 9.84 Å². The van der Waals surface area contributed by atoms with Gasteiger partial charge in [-0.2, -0.15) is 4.98 Å². The summed E-state index contributed by atoms with van der Waals surface area (Å²) in [6.07, 6.45) is 3.19. The van der Waals surface area contributed by atoms with Crippen LogP contribution in [0.2, 0.25) is 0 Å². The van der Waals surface area contributed by atoms with Gasteiger partial charge in [0, 0.05) is 37.6 Å². The van der Waals surface area contributed by atoms with Crippen molar-refractivity contribution < 1.29 is 4.52 Å². The molecule has 0 saturated carbocycles. The maximum absolute atomic E-state index is 5.19. The molecule has 1 aliphatic heterocycles. The van der Waals surface area contributed by atoms with Crippen LogP contribution >= 0.6 is 0 Å². The van der Waals surface area contributed by atoms with Gasteiger partial charge in [-0.25, -0.2) is 0 Å². The molecule has 0 spiro atoms. The highest BCUT2D eigenvalue weighted by Gasteiger charge is 2.34. The summed E-state index contributed by atoms with van der Waals surface area (Å²) in [6.45, 7) is 11.8. The molecule has 1 atom stereocenters. The van der Waals surface area contributed by atoms with Crippen LogP contribution in [0, 0.1) is 6.92 Å². The smallest absolute Gasteiger partial charge is 0.227 e. The van der Waals surface area contributed by atoms with E-state index < -0.39 is 0 Å². The molecule has 1 aromatic heterocycles. The second kappa shape index (κ2) is 6.01. The first kappa shape index (κ1) is 14.5. The Morgan fingerprint density at radius 3 is 2.74 bits per heavy atom. The van der Waals surface area contributed by atoms with Crippen LogP contribution in [0.15, 0.2) is 4.52 Å². The second-order valence-electron chi connectivity index (χ2n) is 5.67. The van der Waals surface area contributed by atoms with Gasteiger partial charge in [-0.15, -0.1) is 0 Å². The molecule has 1 N–H and O–H groups in total. The molecule has 0 aromatic carbocycles. The van der Waals surface area contributed by atoms with E-state index in [9.17, 15) is 0 Å². The van der Waals surface area contributed by atoms with Gasteiger partial charge in [0.25, 0.3) is 0 Å². The van der Waals surface area contributed by atoms with E-state index in [0.717, 1.165) is 37.8 Å². The van der Waals surface area contributed by atoms with Crippen LogP contribution in [0.5, 0.6) is 0 Å². The zero-order chi connectivity index (χ0) is 13.9. The molecule has 2 rings (SSSR count). The minimum Gasteiger partial charge on any atom is -0.339 e. The average molecular weight is 266 g/mol. The lowest BCUT2D eigenvalue weighted by Crippen LogP contribution is -2.63. The standard InChI is InChI=1S/C14H26N4O/c1-5-14(6-2)10-18(11(3)9-15-14)8-7-13-16-12(4)17-19-13/h11,15H,5-10H2,1-4H3. The van der Waals surface area contributed by atoms with Gasteiger partial charge in [-0.05, 0) is 26.7 Å². The summed E-state index contributed by atoms with van der Waals surface area (Å²) in [4.78, 5) is 6.82. The summed E-state index contributed by atoms with van der Waals surface area (Å²) in [7, 11) is 0. The number of piperazine rings is 1. The fraction of sp³-hybridized carbons (Fsp3) is 0.857. The van der Waals surface area contributed by atoms with Gasteiger partial charge in [0.1, 0.15) is 0 Å². The Hall–Kier alpha value is -0.940. The fourth-order valence-electron chi connectivity index (χ4n) is 2.80. The van der Waals surface area contributed by atoms with Crippen LogP contribution in [0.3, 0.4) is 0 Å². The first-order chi connectivity index (χ1) is 9.08. The van der Waals surface area contributed by atoms with Gasteiger partial charge >= 0.3 is 0 Å². The average Bonchev–Trinajstić information content (AvgIpc) is 2.84. The SMILES string of the molecule is CCC1(CC)CN(CCc2nc(C)no2)C(C)CN1.